The van der Waals surface area contributed by atoms with Crippen LogP contribution in [0.5, 0.6) is 0 Å². The lowest BCUT2D eigenvalue weighted by molar-refractivity contribution is -0.162. The summed E-state index contributed by atoms with van der Waals surface area (Å²) >= 11 is 2.78. The average molecular weight is 578 g/mol. The van der Waals surface area contributed by atoms with Crippen molar-refractivity contribution < 1.29 is 28.7 Å². The van der Waals surface area contributed by atoms with Gasteiger partial charge in [0.2, 0.25) is 5.91 Å². The van der Waals surface area contributed by atoms with Crippen LogP contribution in [-0.4, -0.2) is 77.5 Å². The Morgan fingerprint density at radius 2 is 2.08 bits per heavy atom. The number of nitrogens with zero attached hydrogens (tertiary/aromatic N) is 3. The number of ether oxygens (including phenoxy) is 1. The van der Waals surface area contributed by atoms with Gasteiger partial charge in [-0.3, -0.25) is 4.79 Å². The first-order valence-corrected chi connectivity index (χ1v) is 17.8. The Labute approximate surface area is 232 Å². The van der Waals surface area contributed by atoms with E-state index in [1.165, 1.54) is 28.0 Å². The van der Waals surface area contributed by atoms with Crippen LogP contribution in [0.1, 0.15) is 32.9 Å². The van der Waals surface area contributed by atoms with Gasteiger partial charge in [0.05, 0.1) is 23.8 Å². The van der Waals surface area contributed by atoms with Gasteiger partial charge in [0, 0.05) is 28.8 Å². The second kappa shape index (κ2) is 11.0. The summed E-state index contributed by atoms with van der Waals surface area (Å²) in [6.45, 7) is 16.3. The van der Waals surface area contributed by atoms with Crippen molar-refractivity contribution in [1.82, 2.24) is 14.8 Å². The highest BCUT2D eigenvalue weighted by Gasteiger charge is 2.60. The molecule has 0 bridgehead atoms. The maximum atomic E-state index is 13.1. The van der Waals surface area contributed by atoms with Crippen molar-refractivity contribution in [3.05, 3.63) is 40.4 Å². The predicted octanol–water partition coefficient (Wildman–Crippen LogP) is 5.05. The number of β-lactam (4-membered cyclic amide) rings is 1. The number of aliphatic carboxylic acids is 1. The Morgan fingerprint density at radius 1 is 1.37 bits per heavy atom. The Hall–Kier alpha value is -2.41. The molecule has 38 heavy (non-hydrogen) atoms. The van der Waals surface area contributed by atoms with E-state index in [1.807, 2.05) is 32.2 Å². The van der Waals surface area contributed by atoms with E-state index in [1.54, 1.807) is 11.0 Å². The highest BCUT2D eigenvalue weighted by molar-refractivity contribution is 8.04. The molecule has 9 nitrogen and oxygen atoms in total. The van der Waals surface area contributed by atoms with E-state index in [0.717, 1.165) is 15.6 Å². The molecule has 0 aromatic carbocycles. The first kappa shape index (κ1) is 28.6. The van der Waals surface area contributed by atoms with Crippen molar-refractivity contribution in [3.8, 4) is 0 Å². The third-order valence-corrected chi connectivity index (χ3v) is 10.3. The van der Waals surface area contributed by atoms with Crippen molar-refractivity contribution in [2.75, 3.05) is 13.2 Å². The van der Waals surface area contributed by atoms with Crippen molar-refractivity contribution in [2.45, 2.75) is 69.4 Å². The number of hydrogen-bond donors (Lipinski definition) is 1. The fraction of sp³-hybridized carbons (Fsp3) is 0.538. The Balaban J connectivity index is 1.50. The molecule has 1 aromatic heterocycles. The Morgan fingerprint density at radius 3 is 2.68 bits per heavy atom. The monoisotopic (exact) mass is 577 g/mol. The lowest BCUT2D eigenvalue weighted by atomic mass is 9.79. The third-order valence-electron chi connectivity index (χ3n) is 6.99. The number of carboxylic acids is 1. The maximum Gasteiger partial charge on any atom is 0.410 e. The predicted molar refractivity (Wildman–Crippen MR) is 150 cm³/mol. The first-order valence-electron chi connectivity index (χ1n) is 12.7. The molecule has 1 aromatic rings. The SMILES string of the molecule is C=CCOC(=O)N1CC=C(c2csc(SC3=C(C(=O)O)N4C(=O)[C@H]([C@@H](C)O[Si](C)(C)C)[C@H]4[C@H]3C)n2)C[C@@H]1C. The van der Waals surface area contributed by atoms with Crippen LogP contribution in [0, 0.1) is 11.8 Å². The lowest BCUT2D eigenvalue weighted by Gasteiger charge is -2.48. The van der Waals surface area contributed by atoms with Crippen LogP contribution in [0.15, 0.2) is 39.1 Å². The Kier molecular flexibility index (Phi) is 8.27. The maximum absolute atomic E-state index is 13.1. The summed E-state index contributed by atoms with van der Waals surface area (Å²) in [6.07, 6.45) is 3.52. The van der Waals surface area contributed by atoms with E-state index in [0.29, 0.717) is 17.9 Å². The van der Waals surface area contributed by atoms with E-state index in [-0.39, 0.29) is 54.3 Å². The molecule has 0 aliphatic carbocycles. The van der Waals surface area contributed by atoms with Gasteiger partial charge in [-0.1, -0.05) is 37.4 Å². The van der Waals surface area contributed by atoms with Crippen molar-refractivity contribution in [3.63, 3.8) is 0 Å². The Bertz CT molecular complexity index is 1210. The molecule has 0 radical (unpaired) electrons. The molecule has 1 fully saturated rings. The van der Waals surface area contributed by atoms with E-state index in [2.05, 4.69) is 26.2 Å². The zero-order valence-corrected chi connectivity index (χ0v) is 25.2. The fourth-order valence-electron chi connectivity index (χ4n) is 5.40. The third kappa shape index (κ3) is 5.49. The van der Waals surface area contributed by atoms with Gasteiger partial charge in [0.25, 0.3) is 0 Å². The molecule has 1 N–H and O–H groups in total. The molecule has 206 valence electrons. The molecule has 2 amide bonds. The summed E-state index contributed by atoms with van der Waals surface area (Å²) in [6, 6.07) is -0.274. The molecule has 4 rings (SSSR count). The number of thiazole rings is 1. The molecule has 5 atom stereocenters. The smallest absolute Gasteiger partial charge is 0.410 e. The van der Waals surface area contributed by atoms with E-state index >= 15 is 0 Å². The minimum absolute atomic E-state index is 0.0481. The second-order valence-corrected chi connectivity index (χ2v) is 17.5. The number of carboxylic acid groups (broad SMARTS) is 1. The molecular weight excluding hydrogens is 543 g/mol. The van der Waals surface area contributed by atoms with Crippen molar-refractivity contribution >= 4 is 55.0 Å². The number of carbonyl (C=O) groups excluding carboxylic acids is 2. The van der Waals surface area contributed by atoms with Crippen LogP contribution < -0.4 is 0 Å². The van der Waals surface area contributed by atoms with Crippen LogP contribution in [0.2, 0.25) is 19.6 Å². The number of hydrogen-bond acceptors (Lipinski definition) is 8. The normalized spacial score (nSPS) is 26.1. The molecule has 0 spiro atoms. The number of fused-ring (bicyclic) bond motifs is 1. The molecule has 3 aliphatic heterocycles. The van der Waals surface area contributed by atoms with Crippen LogP contribution >= 0.6 is 23.1 Å². The van der Waals surface area contributed by atoms with Gasteiger partial charge in [-0.2, -0.15) is 0 Å². The number of rotatable bonds is 9. The van der Waals surface area contributed by atoms with Crippen LogP contribution in [0.25, 0.3) is 5.57 Å². The molecule has 12 heteroatoms. The van der Waals surface area contributed by atoms with Gasteiger partial charge in [-0.25, -0.2) is 14.6 Å². The summed E-state index contributed by atoms with van der Waals surface area (Å²) in [5, 5.41) is 12.0. The topological polar surface area (TPSA) is 109 Å². The number of aromatic nitrogens is 1. The second-order valence-electron chi connectivity index (χ2n) is 10.9. The largest absolute Gasteiger partial charge is 0.477 e. The standard InChI is InChI=1S/C26H35N3O6S2Si/c1-8-11-34-26(33)28-10-9-17(12-14(28)2)18-13-36-25(27-18)37-22-15(3)20-19(16(4)35-38(5,6)7)23(30)29(20)21(22)24(31)32/h8-9,13-16,19-20H,1,10-12H2,2-7H3,(H,31,32)/t14-,15+,16+,19+,20+/m0/s1. The molecule has 4 heterocycles. The van der Waals surface area contributed by atoms with Gasteiger partial charge < -0.3 is 24.1 Å². The summed E-state index contributed by atoms with van der Waals surface area (Å²) in [5.74, 6) is -1.78. The molecule has 1 saturated heterocycles. The number of thioether (sulfide) groups is 1. The molecular formula is C26H35N3O6S2Si. The van der Waals surface area contributed by atoms with Crippen molar-refractivity contribution in [1.29, 1.82) is 0 Å². The lowest BCUT2D eigenvalue weighted by Crippen LogP contribution is -2.64. The average Bonchev–Trinajstić information content (AvgIpc) is 3.38. The molecule has 0 unspecified atom stereocenters. The van der Waals surface area contributed by atoms with Crippen LogP contribution in [0.4, 0.5) is 4.79 Å². The van der Waals surface area contributed by atoms with Crippen LogP contribution in [-0.2, 0) is 18.8 Å². The van der Waals surface area contributed by atoms with Gasteiger partial charge in [-0.05, 0) is 45.5 Å². The summed E-state index contributed by atoms with van der Waals surface area (Å²) in [4.78, 5) is 46.2. The highest BCUT2D eigenvalue weighted by atomic mass is 32.2. The van der Waals surface area contributed by atoms with Gasteiger partial charge in [0.1, 0.15) is 12.3 Å². The van der Waals surface area contributed by atoms with Gasteiger partial charge in [0.15, 0.2) is 12.7 Å². The minimum Gasteiger partial charge on any atom is -0.477 e. The molecule has 0 saturated carbocycles. The summed E-state index contributed by atoms with van der Waals surface area (Å²) in [7, 11) is -1.87. The van der Waals surface area contributed by atoms with Crippen molar-refractivity contribution in [2.24, 2.45) is 11.8 Å². The van der Waals surface area contributed by atoms with E-state index in [4.69, 9.17) is 14.1 Å². The van der Waals surface area contributed by atoms with Gasteiger partial charge in [-0.15, -0.1) is 11.3 Å². The first-order chi connectivity index (χ1) is 17.8. The quantitative estimate of drug-likeness (QED) is 0.247. The number of amides is 2. The number of carbonyl (C=O) groups is 3. The van der Waals surface area contributed by atoms with E-state index in [9.17, 15) is 19.5 Å². The van der Waals surface area contributed by atoms with Crippen LogP contribution in [0.3, 0.4) is 0 Å². The summed E-state index contributed by atoms with van der Waals surface area (Å²) in [5.41, 5.74) is 1.92. The van der Waals surface area contributed by atoms with E-state index < -0.39 is 14.3 Å². The zero-order chi connectivity index (χ0) is 27.9. The zero-order valence-electron chi connectivity index (χ0n) is 22.6. The highest BCUT2D eigenvalue weighted by Crippen LogP contribution is 2.53. The molecule has 3 aliphatic rings. The minimum atomic E-state index is -1.87. The summed E-state index contributed by atoms with van der Waals surface area (Å²) < 4.78 is 12.1. The van der Waals surface area contributed by atoms with Gasteiger partial charge >= 0.3 is 12.1 Å². The fourth-order valence-corrected chi connectivity index (χ4v) is 8.77.